The normalized spacial score (nSPS) is 12.0. The van der Waals surface area contributed by atoms with Crippen LogP contribution in [0, 0.1) is 11.6 Å². The highest BCUT2D eigenvalue weighted by Gasteiger charge is 2.34. The van der Waals surface area contributed by atoms with Crippen molar-refractivity contribution in [1.29, 1.82) is 0 Å². The van der Waals surface area contributed by atoms with Gasteiger partial charge in [-0.3, -0.25) is 4.90 Å². The minimum Gasteiger partial charge on any atom is -0.493 e. The Bertz CT molecular complexity index is 1460. The Kier molecular flexibility index (Phi) is 10.1. The topological polar surface area (TPSA) is 72.9 Å². The summed E-state index contributed by atoms with van der Waals surface area (Å²) in [6.45, 7) is 0.510. The van der Waals surface area contributed by atoms with Crippen LogP contribution in [0.4, 0.5) is 22.0 Å². The Labute approximate surface area is 233 Å². The van der Waals surface area contributed by atoms with Crippen LogP contribution in [0.15, 0.2) is 59.5 Å². The lowest BCUT2D eigenvalue weighted by Crippen LogP contribution is -2.26. The number of esters is 1. The molecule has 3 aromatic rings. The highest BCUT2D eigenvalue weighted by molar-refractivity contribution is 7.90. The van der Waals surface area contributed by atoms with Gasteiger partial charge in [-0.15, -0.1) is 0 Å². The van der Waals surface area contributed by atoms with E-state index in [0.717, 1.165) is 31.6 Å². The van der Waals surface area contributed by atoms with E-state index in [4.69, 9.17) is 16.3 Å². The average Bonchev–Trinajstić information content (AvgIpc) is 2.87. The zero-order chi connectivity index (χ0) is 29.7. The first-order valence-electron chi connectivity index (χ1n) is 11.8. The van der Waals surface area contributed by atoms with Crippen molar-refractivity contribution < 1.29 is 44.6 Å². The third-order valence-electron chi connectivity index (χ3n) is 5.80. The van der Waals surface area contributed by atoms with Crippen LogP contribution in [0.3, 0.4) is 0 Å². The summed E-state index contributed by atoms with van der Waals surface area (Å²) in [5.41, 5.74) is -0.766. The molecule has 0 saturated heterocycles. The molecule has 3 rings (SSSR count). The Hall–Kier alpha value is -3.22. The van der Waals surface area contributed by atoms with Crippen LogP contribution in [0.5, 0.6) is 5.75 Å². The van der Waals surface area contributed by atoms with Crippen LogP contribution in [-0.4, -0.2) is 45.8 Å². The van der Waals surface area contributed by atoms with Gasteiger partial charge in [0.05, 0.1) is 29.2 Å². The van der Waals surface area contributed by atoms with Crippen molar-refractivity contribution in [3.05, 3.63) is 93.5 Å². The Morgan fingerprint density at radius 3 is 2.30 bits per heavy atom. The van der Waals surface area contributed by atoms with Crippen LogP contribution in [0.25, 0.3) is 0 Å². The maximum atomic E-state index is 14.6. The van der Waals surface area contributed by atoms with Gasteiger partial charge in [0.15, 0.2) is 9.84 Å². The van der Waals surface area contributed by atoms with Gasteiger partial charge >= 0.3 is 12.1 Å². The molecule has 0 saturated carbocycles. The third-order valence-corrected chi connectivity index (χ3v) is 7.37. The smallest absolute Gasteiger partial charge is 0.417 e. The number of sulfone groups is 1. The molecule has 0 heterocycles. The molecule has 0 atom stereocenters. The molecule has 6 nitrogen and oxygen atoms in total. The van der Waals surface area contributed by atoms with Crippen molar-refractivity contribution in [2.75, 3.05) is 26.5 Å². The Morgan fingerprint density at radius 2 is 1.70 bits per heavy atom. The van der Waals surface area contributed by atoms with E-state index in [9.17, 15) is 35.2 Å². The second-order valence-corrected chi connectivity index (χ2v) is 11.2. The minimum absolute atomic E-state index is 0.0286. The van der Waals surface area contributed by atoms with Gasteiger partial charge < -0.3 is 9.47 Å². The van der Waals surface area contributed by atoms with Crippen LogP contribution in [-0.2, 0) is 33.8 Å². The van der Waals surface area contributed by atoms with Crippen molar-refractivity contribution in [3.8, 4) is 5.75 Å². The van der Waals surface area contributed by atoms with Gasteiger partial charge in [0, 0.05) is 32.0 Å². The predicted molar refractivity (Wildman–Crippen MR) is 138 cm³/mol. The maximum Gasteiger partial charge on any atom is 0.417 e. The number of ether oxygens (including phenoxy) is 2. The fourth-order valence-electron chi connectivity index (χ4n) is 3.94. The van der Waals surface area contributed by atoms with Crippen LogP contribution in [0.2, 0.25) is 5.02 Å². The van der Waals surface area contributed by atoms with E-state index >= 15 is 0 Å². The van der Waals surface area contributed by atoms with Gasteiger partial charge in [-0.05, 0) is 41.8 Å². The first kappa shape index (κ1) is 31.3. The number of alkyl halides is 3. The van der Waals surface area contributed by atoms with E-state index in [0.29, 0.717) is 5.56 Å². The molecule has 0 spiro atoms. The first-order chi connectivity index (χ1) is 18.7. The standard InChI is InChI=1S/C27H25ClF5NO5S/c1-38-26(35)24-22(30)13-20(14-23(24)40(2,36)37)39-12-4-11-34(15-17-7-9-19(29)10-8-17)16-18-5-3-6-21(25(18)28)27(31,32)33/h3,5-10,13-14H,4,11-12,15-16H2,1-2H3. The number of hydrogen-bond donors (Lipinski definition) is 0. The van der Waals surface area contributed by atoms with Gasteiger partial charge in [-0.2, -0.15) is 13.2 Å². The molecule has 0 N–H and O–H groups in total. The van der Waals surface area contributed by atoms with Crippen LogP contribution < -0.4 is 4.74 Å². The Balaban J connectivity index is 1.77. The number of nitrogens with zero attached hydrogens (tertiary/aromatic N) is 1. The zero-order valence-corrected chi connectivity index (χ0v) is 23.0. The summed E-state index contributed by atoms with van der Waals surface area (Å²) in [5.74, 6) is -2.88. The average molecular weight is 606 g/mol. The second kappa shape index (κ2) is 13.0. The fraction of sp³-hybridized carbons (Fsp3) is 0.296. The van der Waals surface area contributed by atoms with Crippen LogP contribution >= 0.6 is 11.6 Å². The zero-order valence-electron chi connectivity index (χ0n) is 21.4. The number of carbonyl (C=O) groups excluding carboxylic acids is 1. The first-order valence-corrected chi connectivity index (χ1v) is 14.0. The summed E-state index contributed by atoms with van der Waals surface area (Å²) in [6, 6.07) is 11.1. The van der Waals surface area contributed by atoms with Crippen molar-refractivity contribution in [2.45, 2.75) is 30.6 Å². The van der Waals surface area contributed by atoms with Gasteiger partial charge in [-0.25, -0.2) is 22.0 Å². The number of methoxy groups -OCH3 is 1. The van der Waals surface area contributed by atoms with Crippen molar-refractivity contribution in [3.63, 3.8) is 0 Å². The van der Waals surface area contributed by atoms with E-state index in [1.165, 1.54) is 24.3 Å². The number of halogens is 6. The van der Waals surface area contributed by atoms with E-state index in [1.807, 2.05) is 0 Å². The monoisotopic (exact) mass is 605 g/mol. The molecule has 0 radical (unpaired) electrons. The largest absolute Gasteiger partial charge is 0.493 e. The molecule has 40 heavy (non-hydrogen) atoms. The summed E-state index contributed by atoms with van der Waals surface area (Å²) >= 11 is 6.08. The second-order valence-electron chi connectivity index (χ2n) is 8.86. The van der Waals surface area contributed by atoms with E-state index in [-0.39, 0.29) is 44.0 Å². The molecule has 0 aliphatic carbocycles. The van der Waals surface area contributed by atoms with E-state index < -0.39 is 54.7 Å². The molecule has 0 unspecified atom stereocenters. The molecule has 0 bridgehead atoms. The quantitative estimate of drug-likeness (QED) is 0.145. The summed E-state index contributed by atoms with van der Waals surface area (Å²) in [5, 5.41) is -0.426. The summed E-state index contributed by atoms with van der Waals surface area (Å²) in [6.07, 6.45) is -3.54. The highest BCUT2D eigenvalue weighted by Crippen LogP contribution is 2.36. The molecule has 0 aliphatic heterocycles. The lowest BCUT2D eigenvalue weighted by atomic mass is 10.1. The molecule has 216 valence electrons. The van der Waals surface area contributed by atoms with Gasteiger partial charge in [0.2, 0.25) is 0 Å². The minimum atomic E-state index is -4.63. The van der Waals surface area contributed by atoms with Gasteiger partial charge in [0.1, 0.15) is 22.9 Å². The van der Waals surface area contributed by atoms with Crippen molar-refractivity contribution >= 4 is 27.4 Å². The molecule has 0 aliphatic rings. The van der Waals surface area contributed by atoms with Crippen molar-refractivity contribution in [1.82, 2.24) is 4.90 Å². The molecule has 0 fully saturated rings. The van der Waals surface area contributed by atoms with E-state index in [2.05, 4.69) is 4.74 Å². The SMILES string of the molecule is COC(=O)c1c(F)cc(OCCCN(Cc2ccc(F)cc2)Cc2cccc(C(F)(F)F)c2Cl)cc1S(C)(=O)=O. The summed E-state index contributed by atoms with van der Waals surface area (Å²) in [7, 11) is -3.03. The molecule has 3 aromatic carbocycles. The lowest BCUT2D eigenvalue weighted by molar-refractivity contribution is -0.137. The molecule has 0 aromatic heterocycles. The van der Waals surface area contributed by atoms with Gasteiger partial charge in [-0.1, -0.05) is 35.9 Å². The van der Waals surface area contributed by atoms with E-state index in [1.54, 1.807) is 17.0 Å². The number of rotatable bonds is 11. The lowest BCUT2D eigenvalue weighted by Gasteiger charge is -2.24. The Morgan fingerprint density at radius 1 is 1.02 bits per heavy atom. The molecular formula is C27H25ClF5NO5S. The molecule has 0 amide bonds. The van der Waals surface area contributed by atoms with Crippen LogP contribution in [0.1, 0.15) is 33.5 Å². The molecule has 13 heteroatoms. The number of benzene rings is 3. The number of carbonyl (C=O) groups is 1. The maximum absolute atomic E-state index is 14.6. The number of hydrogen-bond acceptors (Lipinski definition) is 6. The summed E-state index contributed by atoms with van der Waals surface area (Å²) < 4.78 is 102. The third kappa shape index (κ3) is 8.15. The highest BCUT2D eigenvalue weighted by atomic mass is 35.5. The van der Waals surface area contributed by atoms with Crippen molar-refractivity contribution in [2.24, 2.45) is 0 Å². The fourth-order valence-corrected chi connectivity index (χ4v) is 5.11. The summed E-state index contributed by atoms with van der Waals surface area (Å²) in [4.78, 5) is 13.1. The predicted octanol–water partition coefficient (Wildman–Crippen LogP) is 6.30. The molecular weight excluding hydrogens is 581 g/mol. The van der Waals surface area contributed by atoms with Gasteiger partial charge in [0.25, 0.3) is 0 Å².